The molecule has 0 saturated heterocycles. The number of carbonyl (C=O) groups is 1. The fraction of sp³-hybridized carbons (Fsp3) is 0.611. The molecule has 1 amide bonds. The minimum Gasteiger partial charge on any atom is -0.383 e. The molecular weight excluding hydrogens is 352 g/mol. The van der Waals surface area contributed by atoms with Gasteiger partial charge in [-0.2, -0.15) is 0 Å². The van der Waals surface area contributed by atoms with Crippen molar-refractivity contribution in [2.24, 2.45) is 0 Å². The van der Waals surface area contributed by atoms with E-state index in [9.17, 15) is 4.79 Å². The zero-order chi connectivity index (χ0) is 18.9. The number of amides is 1. The Morgan fingerprint density at radius 1 is 1.35 bits per heavy atom. The zero-order valence-corrected chi connectivity index (χ0v) is 16.7. The van der Waals surface area contributed by atoms with E-state index in [0.29, 0.717) is 31.2 Å². The molecule has 7 nitrogen and oxygen atoms in total. The Kier molecular flexibility index (Phi) is 8.21. The number of carbonyl (C=O) groups excluding carboxylic acids is 1. The average Bonchev–Trinajstić information content (AvgIpc) is 2.99. The molecule has 0 aliphatic carbocycles. The summed E-state index contributed by atoms with van der Waals surface area (Å²) in [6, 6.07) is 0.160. The van der Waals surface area contributed by atoms with Crippen LogP contribution in [0.3, 0.4) is 0 Å². The number of fused-ring (bicyclic) bond motifs is 1. The Bertz CT molecular complexity index is 720. The molecule has 0 aliphatic rings. The summed E-state index contributed by atoms with van der Waals surface area (Å²) in [4.78, 5) is 22.8. The highest BCUT2D eigenvalue weighted by atomic mass is 32.1. The molecular formula is C18H28N4O3S. The number of nitrogens with one attached hydrogen (secondary N) is 2. The van der Waals surface area contributed by atoms with Crippen LogP contribution in [0.25, 0.3) is 10.2 Å². The highest BCUT2D eigenvalue weighted by Gasteiger charge is 2.20. The van der Waals surface area contributed by atoms with Crippen molar-refractivity contribution >= 4 is 33.3 Å². The molecule has 144 valence electrons. The standard InChI is InChI=1S/C18H28N4O3S/c1-5-13(10-24-4)22-16-14-12(3)15(26-18(14)21-11-20-16)17(23)19-8-7-9-25-6-2/h11,13H,5-10H2,1-4H3,(H,19,23)(H,20,21,22)/t13-/m1/s1. The molecule has 26 heavy (non-hydrogen) atoms. The predicted octanol–water partition coefficient (Wildman–Crippen LogP) is 2.99. The van der Waals surface area contributed by atoms with Crippen LogP contribution in [0.4, 0.5) is 5.82 Å². The summed E-state index contributed by atoms with van der Waals surface area (Å²) in [7, 11) is 1.68. The third-order valence-electron chi connectivity index (χ3n) is 4.09. The van der Waals surface area contributed by atoms with Gasteiger partial charge in [-0.15, -0.1) is 11.3 Å². The number of methoxy groups -OCH3 is 1. The Hall–Kier alpha value is -1.77. The molecule has 1 atom stereocenters. The van der Waals surface area contributed by atoms with Gasteiger partial charge >= 0.3 is 0 Å². The van der Waals surface area contributed by atoms with E-state index in [1.54, 1.807) is 7.11 Å². The van der Waals surface area contributed by atoms with Gasteiger partial charge in [-0.25, -0.2) is 9.97 Å². The van der Waals surface area contributed by atoms with Crippen LogP contribution in [0, 0.1) is 6.92 Å². The second kappa shape index (κ2) is 10.4. The second-order valence-corrected chi connectivity index (χ2v) is 6.97. The number of hydrogen-bond donors (Lipinski definition) is 2. The van der Waals surface area contributed by atoms with Gasteiger partial charge in [0.15, 0.2) is 0 Å². The lowest BCUT2D eigenvalue weighted by molar-refractivity contribution is 0.0948. The highest BCUT2D eigenvalue weighted by Crippen LogP contribution is 2.33. The van der Waals surface area contributed by atoms with Crippen LogP contribution in [-0.4, -0.2) is 55.4 Å². The lowest BCUT2D eigenvalue weighted by Crippen LogP contribution is -2.25. The summed E-state index contributed by atoms with van der Waals surface area (Å²) in [5.74, 6) is 0.680. The van der Waals surface area contributed by atoms with Gasteiger partial charge in [0.05, 0.1) is 22.9 Å². The lowest BCUT2D eigenvalue weighted by Gasteiger charge is -2.17. The molecule has 2 rings (SSSR count). The number of aromatic nitrogens is 2. The number of ether oxygens (including phenoxy) is 2. The van der Waals surface area contributed by atoms with Gasteiger partial charge in [-0.3, -0.25) is 4.79 Å². The van der Waals surface area contributed by atoms with Crippen molar-refractivity contribution in [3.63, 3.8) is 0 Å². The van der Waals surface area contributed by atoms with Crippen molar-refractivity contribution in [2.45, 2.75) is 39.7 Å². The third-order valence-corrected chi connectivity index (χ3v) is 5.29. The molecule has 0 aromatic carbocycles. The molecule has 0 unspecified atom stereocenters. The molecule has 0 saturated carbocycles. The van der Waals surface area contributed by atoms with Crippen LogP contribution < -0.4 is 10.6 Å². The van der Waals surface area contributed by atoms with Crippen LogP contribution in [-0.2, 0) is 9.47 Å². The monoisotopic (exact) mass is 380 g/mol. The number of hydrogen-bond acceptors (Lipinski definition) is 7. The van der Waals surface area contributed by atoms with Gasteiger partial charge < -0.3 is 20.1 Å². The molecule has 0 fully saturated rings. The first-order valence-electron chi connectivity index (χ1n) is 8.97. The predicted molar refractivity (Wildman–Crippen MR) is 105 cm³/mol. The molecule has 0 bridgehead atoms. The fourth-order valence-electron chi connectivity index (χ4n) is 2.65. The van der Waals surface area contributed by atoms with E-state index in [1.807, 2.05) is 13.8 Å². The van der Waals surface area contributed by atoms with Gasteiger partial charge in [0.2, 0.25) is 0 Å². The Morgan fingerprint density at radius 3 is 2.85 bits per heavy atom. The van der Waals surface area contributed by atoms with Crippen LogP contribution in [0.15, 0.2) is 6.33 Å². The highest BCUT2D eigenvalue weighted by molar-refractivity contribution is 7.20. The summed E-state index contributed by atoms with van der Waals surface area (Å²) in [6.07, 6.45) is 3.24. The van der Waals surface area contributed by atoms with Gasteiger partial charge in [-0.05, 0) is 32.3 Å². The molecule has 2 heterocycles. The fourth-order valence-corrected chi connectivity index (χ4v) is 3.72. The van der Waals surface area contributed by atoms with Crippen molar-refractivity contribution in [2.75, 3.05) is 38.8 Å². The van der Waals surface area contributed by atoms with E-state index in [4.69, 9.17) is 9.47 Å². The summed E-state index contributed by atoms with van der Waals surface area (Å²) >= 11 is 1.40. The van der Waals surface area contributed by atoms with Gasteiger partial charge in [0.25, 0.3) is 5.91 Å². The third kappa shape index (κ3) is 5.12. The number of thiophene rings is 1. The second-order valence-electron chi connectivity index (χ2n) is 5.97. The first-order chi connectivity index (χ1) is 12.6. The first kappa shape index (κ1) is 20.5. The molecule has 0 radical (unpaired) electrons. The Balaban J connectivity index is 2.16. The number of aryl methyl sites for hydroxylation is 1. The van der Waals surface area contributed by atoms with E-state index < -0.39 is 0 Å². The number of nitrogens with zero attached hydrogens (tertiary/aromatic N) is 2. The zero-order valence-electron chi connectivity index (χ0n) is 15.9. The van der Waals surface area contributed by atoms with Gasteiger partial charge in [-0.1, -0.05) is 6.92 Å². The Labute approximate surface area is 158 Å². The summed E-state index contributed by atoms with van der Waals surface area (Å²) in [6.45, 7) is 8.53. The molecule has 8 heteroatoms. The van der Waals surface area contributed by atoms with E-state index in [1.165, 1.54) is 17.7 Å². The van der Waals surface area contributed by atoms with Crippen molar-refractivity contribution in [3.8, 4) is 0 Å². The molecule has 0 aliphatic heterocycles. The maximum absolute atomic E-state index is 12.5. The average molecular weight is 381 g/mol. The summed E-state index contributed by atoms with van der Waals surface area (Å²) in [5.41, 5.74) is 0.905. The van der Waals surface area contributed by atoms with Crippen molar-refractivity contribution in [1.29, 1.82) is 0 Å². The van der Waals surface area contributed by atoms with Crippen LogP contribution in [0.2, 0.25) is 0 Å². The topological polar surface area (TPSA) is 85.4 Å². The maximum Gasteiger partial charge on any atom is 0.261 e. The van der Waals surface area contributed by atoms with Crippen molar-refractivity contribution in [1.82, 2.24) is 15.3 Å². The van der Waals surface area contributed by atoms with Crippen LogP contribution in [0.1, 0.15) is 41.9 Å². The van der Waals surface area contributed by atoms with E-state index in [2.05, 4.69) is 27.5 Å². The lowest BCUT2D eigenvalue weighted by atomic mass is 10.1. The SMILES string of the molecule is CCOCCCNC(=O)c1sc2ncnc(N[C@H](CC)COC)c2c1C. The minimum absolute atomic E-state index is 0.0723. The number of rotatable bonds is 11. The van der Waals surface area contributed by atoms with Crippen molar-refractivity contribution in [3.05, 3.63) is 16.8 Å². The van der Waals surface area contributed by atoms with Crippen LogP contribution in [0.5, 0.6) is 0 Å². The molecule has 2 N–H and O–H groups in total. The van der Waals surface area contributed by atoms with E-state index in [0.717, 1.165) is 34.4 Å². The summed E-state index contributed by atoms with van der Waals surface area (Å²) in [5, 5.41) is 7.28. The van der Waals surface area contributed by atoms with Crippen LogP contribution >= 0.6 is 11.3 Å². The van der Waals surface area contributed by atoms with Gasteiger partial charge in [0.1, 0.15) is 17.0 Å². The normalized spacial score (nSPS) is 12.3. The maximum atomic E-state index is 12.5. The molecule has 2 aromatic rings. The van der Waals surface area contributed by atoms with Crippen molar-refractivity contribution < 1.29 is 14.3 Å². The van der Waals surface area contributed by atoms with E-state index in [-0.39, 0.29) is 11.9 Å². The molecule has 2 aromatic heterocycles. The quantitative estimate of drug-likeness (QED) is 0.583. The summed E-state index contributed by atoms with van der Waals surface area (Å²) < 4.78 is 10.5. The Morgan fingerprint density at radius 2 is 2.15 bits per heavy atom. The minimum atomic E-state index is -0.0723. The smallest absolute Gasteiger partial charge is 0.261 e. The first-order valence-corrected chi connectivity index (χ1v) is 9.79. The number of anilines is 1. The largest absolute Gasteiger partial charge is 0.383 e. The van der Waals surface area contributed by atoms with E-state index >= 15 is 0 Å². The molecule has 0 spiro atoms. The van der Waals surface area contributed by atoms with Gasteiger partial charge in [0, 0.05) is 26.9 Å².